The lowest BCUT2D eigenvalue weighted by atomic mass is 9.94. The predicted octanol–water partition coefficient (Wildman–Crippen LogP) is 3.70. The van der Waals surface area contributed by atoms with Crippen molar-refractivity contribution in [3.05, 3.63) is 48.6 Å². The van der Waals surface area contributed by atoms with Crippen molar-refractivity contribution < 1.29 is 4.79 Å². The first-order valence-electron chi connectivity index (χ1n) is 6.71. The van der Waals surface area contributed by atoms with Crippen LogP contribution in [0.1, 0.15) is 44.2 Å². The maximum absolute atomic E-state index is 12.2. The van der Waals surface area contributed by atoms with Crippen molar-refractivity contribution in [3.63, 3.8) is 0 Å². The van der Waals surface area contributed by atoms with E-state index in [4.69, 9.17) is 0 Å². The summed E-state index contributed by atoms with van der Waals surface area (Å²) in [6, 6.07) is 10.7. The van der Waals surface area contributed by atoms with Crippen molar-refractivity contribution in [2.24, 2.45) is 0 Å². The molecule has 1 heterocycles. The van der Waals surface area contributed by atoms with Crippen LogP contribution in [0.25, 0.3) is 0 Å². The van der Waals surface area contributed by atoms with Gasteiger partial charge in [0.05, 0.1) is 6.04 Å². The second kappa shape index (κ2) is 5.85. The third-order valence-electron chi connectivity index (χ3n) is 3.75. The van der Waals surface area contributed by atoms with E-state index < -0.39 is 0 Å². The fourth-order valence-corrected chi connectivity index (χ4v) is 2.81. The van der Waals surface area contributed by atoms with Crippen molar-refractivity contribution in [1.29, 1.82) is 0 Å². The van der Waals surface area contributed by atoms with E-state index in [0.717, 1.165) is 19.3 Å². The van der Waals surface area contributed by atoms with Crippen LogP contribution in [0.3, 0.4) is 0 Å². The van der Waals surface area contributed by atoms with Crippen LogP contribution in [0.15, 0.2) is 43.0 Å². The first kappa shape index (κ1) is 12.9. The van der Waals surface area contributed by atoms with E-state index >= 15 is 0 Å². The van der Waals surface area contributed by atoms with E-state index in [2.05, 4.69) is 30.5 Å². The van der Waals surface area contributed by atoms with Crippen molar-refractivity contribution in [2.75, 3.05) is 0 Å². The molecular formula is C16H21NO. The van der Waals surface area contributed by atoms with Gasteiger partial charge >= 0.3 is 0 Å². The van der Waals surface area contributed by atoms with Crippen LogP contribution in [-0.4, -0.2) is 16.8 Å². The van der Waals surface area contributed by atoms with Crippen LogP contribution in [0.5, 0.6) is 0 Å². The van der Waals surface area contributed by atoms with Gasteiger partial charge in [0.2, 0.25) is 5.91 Å². The molecule has 1 aromatic rings. The summed E-state index contributed by atoms with van der Waals surface area (Å²) in [5, 5.41) is 0. The minimum atomic E-state index is 0.156. The van der Waals surface area contributed by atoms with Crippen molar-refractivity contribution in [2.45, 2.75) is 44.7 Å². The molecule has 0 spiro atoms. The average molecular weight is 243 g/mol. The molecule has 1 amide bonds. The van der Waals surface area contributed by atoms with E-state index in [9.17, 15) is 4.79 Å². The van der Waals surface area contributed by atoms with Crippen molar-refractivity contribution >= 4 is 5.91 Å². The number of carbonyl (C=O) groups is 1. The second-order valence-electron chi connectivity index (χ2n) is 4.96. The Balaban J connectivity index is 2.21. The van der Waals surface area contributed by atoms with Gasteiger partial charge in [-0.05, 0) is 31.7 Å². The molecule has 1 aliphatic heterocycles. The molecule has 0 N–H and O–H groups in total. The SMILES string of the molecule is C=CC[C@@H]1CCCC(=O)N1[C@@H](C)c1ccccc1. The quantitative estimate of drug-likeness (QED) is 0.738. The van der Waals surface area contributed by atoms with E-state index in [-0.39, 0.29) is 11.9 Å². The summed E-state index contributed by atoms with van der Waals surface area (Å²) in [4.78, 5) is 14.2. The van der Waals surface area contributed by atoms with Crippen LogP contribution < -0.4 is 0 Å². The fourth-order valence-electron chi connectivity index (χ4n) is 2.81. The summed E-state index contributed by atoms with van der Waals surface area (Å²) in [6.07, 6.45) is 5.60. The number of rotatable bonds is 4. The Morgan fingerprint density at radius 1 is 1.44 bits per heavy atom. The molecule has 0 aliphatic carbocycles. The molecule has 0 saturated carbocycles. The molecule has 0 bridgehead atoms. The molecule has 2 heteroatoms. The molecule has 0 unspecified atom stereocenters. The molecule has 2 rings (SSSR count). The highest BCUT2D eigenvalue weighted by Crippen LogP contribution is 2.30. The zero-order chi connectivity index (χ0) is 13.0. The largest absolute Gasteiger partial charge is 0.333 e. The summed E-state index contributed by atoms with van der Waals surface area (Å²) >= 11 is 0. The van der Waals surface area contributed by atoms with Crippen LogP contribution >= 0.6 is 0 Å². The molecule has 2 nitrogen and oxygen atoms in total. The molecular weight excluding hydrogens is 222 g/mol. The van der Waals surface area contributed by atoms with Gasteiger partial charge in [-0.2, -0.15) is 0 Å². The molecule has 1 aromatic carbocycles. The zero-order valence-electron chi connectivity index (χ0n) is 11.0. The third kappa shape index (κ3) is 2.63. The van der Waals surface area contributed by atoms with E-state index in [1.165, 1.54) is 5.56 Å². The van der Waals surface area contributed by atoms with Gasteiger partial charge in [-0.1, -0.05) is 36.4 Å². The molecule has 0 aromatic heterocycles. The number of hydrogen-bond donors (Lipinski definition) is 0. The smallest absolute Gasteiger partial charge is 0.223 e. The first-order chi connectivity index (χ1) is 8.74. The fraction of sp³-hybridized carbons (Fsp3) is 0.438. The second-order valence-corrected chi connectivity index (χ2v) is 4.96. The van der Waals surface area contributed by atoms with Gasteiger partial charge in [-0.3, -0.25) is 4.79 Å². The maximum atomic E-state index is 12.2. The Morgan fingerprint density at radius 2 is 2.17 bits per heavy atom. The summed E-state index contributed by atoms with van der Waals surface area (Å²) < 4.78 is 0. The summed E-state index contributed by atoms with van der Waals surface area (Å²) in [5.74, 6) is 0.282. The van der Waals surface area contributed by atoms with Gasteiger partial charge in [0, 0.05) is 12.5 Å². The Hall–Kier alpha value is -1.57. The Kier molecular flexibility index (Phi) is 4.19. The molecule has 1 aliphatic rings. The average Bonchev–Trinajstić information content (AvgIpc) is 2.40. The zero-order valence-corrected chi connectivity index (χ0v) is 11.0. The van der Waals surface area contributed by atoms with Gasteiger partial charge in [0.15, 0.2) is 0 Å². The number of amides is 1. The van der Waals surface area contributed by atoms with Gasteiger partial charge in [-0.15, -0.1) is 6.58 Å². The van der Waals surface area contributed by atoms with E-state index in [1.807, 2.05) is 24.3 Å². The van der Waals surface area contributed by atoms with E-state index in [1.54, 1.807) is 0 Å². The third-order valence-corrected chi connectivity index (χ3v) is 3.75. The minimum Gasteiger partial charge on any atom is -0.333 e. The monoisotopic (exact) mass is 243 g/mol. The molecule has 1 fully saturated rings. The van der Waals surface area contributed by atoms with Gasteiger partial charge < -0.3 is 4.90 Å². The highest BCUT2D eigenvalue weighted by Gasteiger charge is 2.31. The topological polar surface area (TPSA) is 20.3 Å². The minimum absolute atomic E-state index is 0.156. The van der Waals surface area contributed by atoms with Crippen LogP contribution in [0.2, 0.25) is 0 Å². The standard InChI is InChI=1S/C16H21NO/c1-3-8-15-11-7-12-16(18)17(15)13(2)14-9-5-4-6-10-14/h3-6,9-10,13,15H,1,7-8,11-12H2,2H3/t13-,15+/m0/s1. The molecule has 18 heavy (non-hydrogen) atoms. The highest BCUT2D eigenvalue weighted by molar-refractivity contribution is 5.77. The van der Waals surface area contributed by atoms with E-state index in [0.29, 0.717) is 12.5 Å². The molecule has 96 valence electrons. The Labute approximate surface area is 109 Å². The van der Waals surface area contributed by atoms with Crippen LogP contribution in [0.4, 0.5) is 0 Å². The first-order valence-corrected chi connectivity index (χ1v) is 6.71. The summed E-state index contributed by atoms with van der Waals surface area (Å²) in [5.41, 5.74) is 1.21. The Morgan fingerprint density at radius 3 is 2.83 bits per heavy atom. The van der Waals surface area contributed by atoms with Crippen LogP contribution in [0, 0.1) is 0 Å². The lowest BCUT2D eigenvalue weighted by Crippen LogP contribution is -2.44. The van der Waals surface area contributed by atoms with Gasteiger partial charge in [-0.25, -0.2) is 0 Å². The lowest BCUT2D eigenvalue weighted by molar-refractivity contribution is -0.139. The number of benzene rings is 1. The maximum Gasteiger partial charge on any atom is 0.223 e. The predicted molar refractivity (Wildman–Crippen MR) is 74.2 cm³/mol. The normalized spacial score (nSPS) is 21.7. The molecule has 1 saturated heterocycles. The van der Waals surface area contributed by atoms with Gasteiger partial charge in [0.1, 0.15) is 0 Å². The Bertz CT molecular complexity index is 412. The number of carbonyl (C=O) groups excluding carboxylic acids is 1. The molecule has 0 radical (unpaired) electrons. The number of likely N-dealkylation sites (tertiary alicyclic amines) is 1. The lowest BCUT2D eigenvalue weighted by Gasteiger charge is -2.40. The van der Waals surface area contributed by atoms with Crippen LogP contribution in [-0.2, 0) is 4.79 Å². The molecule has 2 atom stereocenters. The highest BCUT2D eigenvalue weighted by atomic mass is 16.2. The number of piperidine rings is 1. The number of nitrogens with zero attached hydrogens (tertiary/aromatic N) is 1. The van der Waals surface area contributed by atoms with Gasteiger partial charge in [0.25, 0.3) is 0 Å². The summed E-state index contributed by atoms with van der Waals surface area (Å²) in [7, 11) is 0. The van der Waals surface area contributed by atoms with Crippen molar-refractivity contribution in [3.8, 4) is 0 Å². The number of hydrogen-bond acceptors (Lipinski definition) is 1. The summed E-state index contributed by atoms with van der Waals surface area (Å²) in [6.45, 7) is 5.93. The van der Waals surface area contributed by atoms with Crippen molar-refractivity contribution in [1.82, 2.24) is 4.90 Å².